The highest BCUT2D eigenvalue weighted by molar-refractivity contribution is 7.99. The molecule has 1 aromatic carbocycles. The van der Waals surface area contributed by atoms with E-state index in [1.165, 1.54) is 19.2 Å². The number of nitrogens with zero attached hydrogens (tertiary/aromatic N) is 3. The molecule has 8 heteroatoms. The van der Waals surface area contributed by atoms with Crippen LogP contribution in [0, 0.1) is 11.6 Å². The number of ether oxygens (including phenoxy) is 1. The summed E-state index contributed by atoms with van der Waals surface area (Å²) in [5, 5.41) is 7.50. The zero-order chi connectivity index (χ0) is 21.8. The molecule has 1 heterocycles. The lowest BCUT2D eigenvalue weighted by Crippen LogP contribution is -2.21. The van der Waals surface area contributed by atoms with E-state index >= 15 is 0 Å². The lowest BCUT2D eigenvalue weighted by molar-refractivity contribution is -0.136. The van der Waals surface area contributed by atoms with Crippen molar-refractivity contribution in [3.05, 3.63) is 78.5 Å². The Bertz CT molecular complexity index is 955. The second kappa shape index (κ2) is 12.5. The van der Waals surface area contributed by atoms with Crippen LogP contribution in [0.3, 0.4) is 0 Å². The number of aromatic nitrogens is 1. The molecule has 0 radical (unpaired) electrons. The van der Waals surface area contributed by atoms with Crippen molar-refractivity contribution in [1.29, 1.82) is 0 Å². The van der Waals surface area contributed by atoms with Crippen LogP contribution >= 0.6 is 11.8 Å². The lowest BCUT2D eigenvalue weighted by atomic mass is 10.2. The largest absolute Gasteiger partial charge is 0.466 e. The molecular weight excluding hydrogens is 396 g/mol. The molecule has 1 aromatic heterocycles. The summed E-state index contributed by atoms with van der Waals surface area (Å²) >= 11 is 1.16. The van der Waals surface area contributed by atoms with Gasteiger partial charge in [-0.1, -0.05) is 17.8 Å². The number of methoxy groups -OCH3 is 1. The Hall–Kier alpha value is -3.00. The third-order valence-corrected chi connectivity index (χ3v) is 4.72. The van der Waals surface area contributed by atoms with Crippen LogP contribution in [0.5, 0.6) is 0 Å². The third kappa shape index (κ3) is 7.15. The van der Waals surface area contributed by atoms with Crippen LogP contribution in [0.4, 0.5) is 8.78 Å². The monoisotopic (exact) mass is 419 g/mol. The van der Waals surface area contributed by atoms with Crippen molar-refractivity contribution < 1.29 is 18.3 Å². The Labute approximate surface area is 173 Å². The standard InChI is InChI=1S/C19H19F2N3O2S.C2H4/c1-4-13(19(25)26-3)9-10-24-12-15(6-8-18(24)23-22-2)27-17-7-5-14(20)11-16(17)21;1-2/h4-8,11-12H,2,9-10H2,1,3H3;1-2H2/b13-4+,23-18-;. The molecule has 0 saturated heterocycles. The van der Waals surface area contributed by atoms with E-state index in [1.54, 1.807) is 35.9 Å². The molecule has 0 aliphatic carbocycles. The first-order valence-corrected chi connectivity index (χ1v) is 9.36. The Morgan fingerprint density at radius 3 is 2.59 bits per heavy atom. The van der Waals surface area contributed by atoms with Gasteiger partial charge in [-0.3, -0.25) is 0 Å². The minimum atomic E-state index is -0.630. The Morgan fingerprint density at radius 1 is 1.28 bits per heavy atom. The van der Waals surface area contributed by atoms with Crippen molar-refractivity contribution in [2.45, 2.75) is 29.7 Å². The molecule has 154 valence electrons. The van der Waals surface area contributed by atoms with E-state index in [1.807, 2.05) is 0 Å². The Morgan fingerprint density at radius 2 is 2.00 bits per heavy atom. The topological polar surface area (TPSA) is 56.0 Å². The fourth-order valence-electron chi connectivity index (χ4n) is 2.34. The number of aryl methyl sites for hydroxylation is 1. The number of allylic oxidation sites excluding steroid dienone is 1. The fourth-order valence-corrected chi connectivity index (χ4v) is 3.20. The van der Waals surface area contributed by atoms with Gasteiger partial charge in [0.05, 0.1) is 7.11 Å². The molecule has 5 nitrogen and oxygen atoms in total. The van der Waals surface area contributed by atoms with Crippen LogP contribution in [-0.2, 0) is 16.1 Å². The van der Waals surface area contributed by atoms with Crippen molar-refractivity contribution in [1.82, 2.24) is 4.57 Å². The van der Waals surface area contributed by atoms with Gasteiger partial charge in [0.2, 0.25) is 0 Å². The first kappa shape index (κ1) is 24.0. The van der Waals surface area contributed by atoms with Crippen LogP contribution in [0.1, 0.15) is 13.3 Å². The number of halogens is 2. The smallest absolute Gasteiger partial charge is 0.333 e. The molecular formula is C21H23F2N3O2S. The highest BCUT2D eigenvalue weighted by Gasteiger charge is 2.10. The minimum Gasteiger partial charge on any atom is -0.466 e. The van der Waals surface area contributed by atoms with E-state index in [2.05, 4.69) is 30.1 Å². The molecule has 0 fully saturated rings. The summed E-state index contributed by atoms with van der Waals surface area (Å²) in [5.74, 6) is -1.65. The van der Waals surface area contributed by atoms with Crippen LogP contribution in [0.15, 0.2) is 81.3 Å². The lowest BCUT2D eigenvalue weighted by Gasteiger charge is -2.11. The van der Waals surface area contributed by atoms with Gasteiger partial charge in [0, 0.05) is 40.9 Å². The van der Waals surface area contributed by atoms with Crippen molar-refractivity contribution >= 4 is 24.4 Å². The minimum absolute atomic E-state index is 0.304. The molecule has 0 bridgehead atoms. The van der Waals surface area contributed by atoms with Crippen molar-refractivity contribution in [3.8, 4) is 0 Å². The quantitative estimate of drug-likeness (QED) is 0.214. The van der Waals surface area contributed by atoms with Gasteiger partial charge in [-0.2, -0.15) is 5.10 Å². The average Bonchev–Trinajstić information content (AvgIpc) is 2.73. The Kier molecular flexibility index (Phi) is 10.3. The maximum atomic E-state index is 13.9. The summed E-state index contributed by atoms with van der Waals surface area (Å²) in [6.07, 6.45) is 3.88. The Balaban J connectivity index is 0.00000204. The molecule has 0 saturated carbocycles. The number of carbonyl (C=O) groups excluding carboxylic acids is 1. The SMILES string of the molecule is C=C.C=N/N=c1/ccc(Sc2ccc(F)cc2F)cn1CC/C(=C\C)C(=O)OC. The van der Waals surface area contributed by atoms with Crippen LogP contribution in [0.2, 0.25) is 0 Å². The molecule has 0 amide bonds. The maximum Gasteiger partial charge on any atom is 0.333 e. The predicted molar refractivity (Wildman–Crippen MR) is 112 cm³/mol. The number of esters is 1. The number of benzene rings is 1. The summed E-state index contributed by atoms with van der Waals surface area (Å²) < 4.78 is 33.5. The summed E-state index contributed by atoms with van der Waals surface area (Å²) in [6, 6.07) is 6.91. The van der Waals surface area contributed by atoms with Gasteiger partial charge >= 0.3 is 5.97 Å². The summed E-state index contributed by atoms with van der Waals surface area (Å²) in [6.45, 7) is 11.5. The summed E-state index contributed by atoms with van der Waals surface area (Å²) in [5.41, 5.74) is 1.07. The van der Waals surface area contributed by atoms with Gasteiger partial charge in [-0.05, 0) is 37.6 Å². The molecule has 0 spiro atoms. The second-order valence-corrected chi connectivity index (χ2v) is 6.51. The highest BCUT2D eigenvalue weighted by atomic mass is 32.2. The molecule has 0 unspecified atom stereocenters. The van der Waals surface area contributed by atoms with Gasteiger partial charge in [-0.15, -0.1) is 18.3 Å². The van der Waals surface area contributed by atoms with Crippen LogP contribution < -0.4 is 5.49 Å². The average molecular weight is 419 g/mol. The number of hydrogen-bond donors (Lipinski definition) is 0. The van der Waals surface area contributed by atoms with Gasteiger partial charge in [-0.25, -0.2) is 13.6 Å². The number of carbonyl (C=O) groups is 1. The third-order valence-electron chi connectivity index (χ3n) is 3.69. The molecule has 0 atom stereocenters. The maximum absolute atomic E-state index is 13.9. The van der Waals surface area contributed by atoms with E-state index in [9.17, 15) is 13.6 Å². The van der Waals surface area contributed by atoms with E-state index < -0.39 is 17.6 Å². The summed E-state index contributed by atoms with van der Waals surface area (Å²) in [7, 11) is 1.33. The zero-order valence-electron chi connectivity index (χ0n) is 16.4. The number of hydrogen-bond acceptors (Lipinski definition) is 5. The zero-order valence-corrected chi connectivity index (χ0v) is 17.2. The second-order valence-electron chi connectivity index (χ2n) is 5.39. The van der Waals surface area contributed by atoms with Crippen LogP contribution in [0.25, 0.3) is 0 Å². The highest BCUT2D eigenvalue weighted by Crippen LogP contribution is 2.29. The van der Waals surface area contributed by atoms with E-state index in [-0.39, 0.29) is 0 Å². The van der Waals surface area contributed by atoms with E-state index in [4.69, 9.17) is 4.74 Å². The first-order chi connectivity index (χ1) is 14.0. The number of rotatable bonds is 7. The van der Waals surface area contributed by atoms with Crippen molar-refractivity contribution in [2.75, 3.05) is 7.11 Å². The molecule has 0 N–H and O–H groups in total. The molecule has 0 aliphatic rings. The normalized spacial score (nSPS) is 11.4. The van der Waals surface area contributed by atoms with Gasteiger partial charge in [0.1, 0.15) is 11.6 Å². The molecule has 2 aromatic rings. The van der Waals surface area contributed by atoms with Gasteiger partial charge in [0.25, 0.3) is 0 Å². The number of pyridine rings is 1. The molecule has 29 heavy (non-hydrogen) atoms. The molecule has 0 aliphatic heterocycles. The molecule has 2 rings (SSSR count). The van der Waals surface area contributed by atoms with E-state index in [0.29, 0.717) is 28.9 Å². The van der Waals surface area contributed by atoms with Crippen molar-refractivity contribution in [3.63, 3.8) is 0 Å². The fraction of sp³-hybridized carbons (Fsp3) is 0.190. The first-order valence-electron chi connectivity index (χ1n) is 8.55. The van der Waals surface area contributed by atoms with Gasteiger partial charge in [0.15, 0.2) is 5.49 Å². The van der Waals surface area contributed by atoms with Gasteiger partial charge < -0.3 is 9.30 Å². The van der Waals surface area contributed by atoms with Crippen molar-refractivity contribution in [2.24, 2.45) is 10.2 Å². The van der Waals surface area contributed by atoms with E-state index in [0.717, 1.165) is 22.7 Å². The summed E-state index contributed by atoms with van der Waals surface area (Å²) in [4.78, 5) is 12.7. The van der Waals surface area contributed by atoms with Crippen LogP contribution in [-0.4, -0.2) is 24.4 Å². The predicted octanol–water partition coefficient (Wildman–Crippen LogP) is 4.75.